The molecule has 3 nitrogen and oxygen atoms in total. The third kappa shape index (κ3) is 12.2. The Balaban J connectivity index is -0.000000107. The van der Waals surface area contributed by atoms with Crippen LogP contribution in [-0.4, -0.2) is 87.0 Å². The molecule has 0 unspecified atom stereocenters. The number of rotatable bonds is 6. The fourth-order valence-electron chi connectivity index (χ4n) is 0.429. The SMILES string of the molecule is CCOCCOCCO.[Ba+2].[H-].[H-]. The molecule has 0 aromatic rings. The van der Waals surface area contributed by atoms with E-state index >= 15 is 0 Å². The van der Waals surface area contributed by atoms with Gasteiger partial charge in [-0.1, -0.05) is 0 Å². The molecule has 0 spiro atoms. The third-order valence-corrected chi connectivity index (χ3v) is 0.812. The minimum atomic E-state index is 0. The van der Waals surface area contributed by atoms with Crippen molar-refractivity contribution < 1.29 is 17.4 Å². The number of hydrogen-bond acceptors (Lipinski definition) is 3. The summed E-state index contributed by atoms with van der Waals surface area (Å²) in [4.78, 5) is 0. The number of hydrogen-bond donors (Lipinski definition) is 1. The van der Waals surface area contributed by atoms with Gasteiger partial charge in [-0.15, -0.1) is 0 Å². The molecule has 0 fully saturated rings. The number of aliphatic hydroxyl groups is 1. The molecule has 4 heteroatoms. The van der Waals surface area contributed by atoms with Gasteiger partial charge in [0.15, 0.2) is 0 Å². The number of aliphatic hydroxyl groups excluding tert-OH is 1. The van der Waals surface area contributed by atoms with Crippen molar-refractivity contribution in [1.29, 1.82) is 0 Å². The van der Waals surface area contributed by atoms with Crippen LogP contribution in [-0.2, 0) is 9.47 Å². The van der Waals surface area contributed by atoms with E-state index < -0.39 is 0 Å². The summed E-state index contributed by atoms with van der Waals surface area (Å²) >= 11 is 0. The minimum absolute atomic E-state index is 0. The molecule has 10 heavy (non-hydrogen) atoms. The Bertz CT molecular complexity index is 54.1. The summed E-state index contributed by atoms with van der Waals surface area (Å²) in [7, 11) is 0. The van der Waals surface area contributed by atoms with E-state index in [1.54, 1.807) is 0 Å². The smallest absolute Gasteiger partial charge is 1.00 e. The Labute approximate surface area is 105 Å². The van der Waals surface area contributed by atoms with Crippen LogP contribution >= 0.6 is 0 Å². The maximum absolute atomic E-state index is 8.26. The predicted molar refractivity (Wildman–Crippen MR) is 42.4 cm³/mol. The molecule has 0 aliphatic carbocycles. The summed E-state index contributed by atoms with van der Waals surface area (Å²) in [6.45, 7) is 4.36. The Morgan fingerprint density at radius 2 is 1.80 bits per heavy atom. The van der Waals surface area contributed by atoms with Crippen molar-refractivity contribution >= 4 is 48.9 Å². The Kier molecular flexibility index (Phi) is 18.3. The van der Waals surface area contributed by atoms with Crippen molar-refractivity contribution in [1.82, 2.24) is 0 Å². The second-order valence-electron chi connectivity index (χ2n) is 1.53. The molecule has 0 saturated carbocycles. The molecule has 0 radical (unpaired) electrons. The quantitative estimate of drug-likeness (QED) is 0.541. The van der Waals surface area contributed by atoms with E-state index in [2.05, 4.69) is 0 Å². The Morgan fingerprint density at radius 1 is 1.20 bits per heavy atom. The van der Waals surface area contributed by atoms with Gasteiger partial charge < -0.3 is 17.4 Å². The first kappa shape index (κ1) is 14.0. The molecule has 1 N–H and O–H groups in total. The van der Waals surface area contributed by atoms with Gasteiger partial charge in [0.1, 0.15) is 0 Å². The zero-order chi connectivity index (χ0) is 6.95. The molecule has 0 aromatic heterocycles. The zero-order valence-electron chi connectivity index (χ0n) is 8.51. The monoisotopic (exact) mass is 274 g/mol. The van der Waals surface area contributed by atoms with Crippen molar-refractivity contribution in [3.05, 3.63) is 0 Å². The van der Waals surface area contributed by atoms with Crippen LogP contribution in [0.3, 0.4) is 0 Å². The van der Waals surface area contributed by atoms with Crippen LogP contribution in [0.4, 0.5) is 0 Å². The first-order valence-corrected chi connectivity index (χ1v) is 3.18. The molecule has 0 bridgehead atoms. The largest absolute Gasteiger partial charge is 2.00 e. The average molecular weight is 274 g/mol. The molecule has 0 aliphatic rings. The molecule has 60 valence electrons. The summed E-state index contributed by atoms with van der Waals surface area (Å²) in [6, 6.07) is 0. The van der Waals surface area contributed by atoms with Crippen LogP contribution in [0.2, 0.25) is 0 Å². The van der Waals surface area contributed by atoms with Crippen molar-refractivity contribution in [2.75, 3.05) is 33.0 Å². The maximum atomic E-state index is 8.26. The average Bonchev–Trinajstić information content (AvgIpc) is 1.89. The third-order valence-electron chi connectivity index (χ3n) is 0.812. The van der Waals surface area contributed by atoms with Gasteiger partial charge in [-0.3, -0.25) is 0 Å². The van der Waals surface area contributed by atoms with Crippen LogP contribution in [0.25, 0.3) is 0 Å². The standard InChI is InChI=1S/C6H14O3.Ba.2H/c1-2-8-5-6-9-4-3-7;;;/h7H,2-6H2,1H3;;;/q;+2;2*-1. The van der Waals surface area contributed by atoms with Crippen LogP contribution in [0.15, 0.2) is 0 Å². The van der Waals surface area contributed by atoms with Crippen molar-refractivity contribution in [3.63, 3.8) is 0 Å². The van der Waals surface area contributed by atoms with Gasteiger partial charge in [-0.05, 0) is 6.92 Å². The fraction of sp³-hybridized carbons (Fsp3) is 1.00. The normalized spacial score (nSPS) is 9.00. The summed E-state index contributed by atoms with van der Waals surface area (Å²) in [6.07, 6.45) is 0. The van der Waals surface area contributed by atoms with Gasteiger partial charge in [-0.2, -0.15) is 0 Å². The topological polar surface area (TPSA) is 38.7 Å². The van der Waals surface area contributed by atoms with Gasteiger partial charge in [-0.25, -0.2) is 0 Å². The molecule has 0 atom stereocenters. The van der Waals surface area contributed by atoms with E-state index in [9.17, 15) is 0 Å². The van der Waals surface area contributed by atoms with E-state index in [0.29, 0.717) is 19.8 Å². The van der Waals surface area contributed by atoms with Crippen LogP contribution in [0, 0.1) is 0 Å². The van der Waals surface area contributed by atoms with Gasteiger partial charge in [0.05, 0.1) is 26.4 Å². The Hall–Kier alpha value is 1.45. The van der Waals surface area contributed by atoms with Crippen molar-refractivity contribution in [3.8, 4) is 0 Å². The van der Waals surface area contributed by atoms with E-state index in [0.717, 1.165) is 6.61 Å². The second kappa shape index (κ2) is 13.1. The van der Waals surface area contributed by atoms with Crippen molar-refractivity contribution in [2.24, 2.45) is 0 Å². The van der Waals surface area contributed by atoms with Crippen LogP contribution in [0.1, 0.15) is 9.78 Å². The first-order valence-electron chi connectivity index (χ1n) is 3.18. The predicted octanol–water partition coefficient (Wildman–Crippen LogP) is -0.124. The van der Waals surface area contributed by atoms with E-state index in [4.69, 9.17) is 14.6 Å². The van der Waals surface area contributed by atoms with E-state index in [-0.39, 0.29) is 58.3 Å². The summed E-state index contributed by atoms with van der Waals surface area (Å²) < 4.78 is 9.88. The zero-order valence-corrected chi connectivity index (χ0v) is 10.9. The summed E-state index contributed by atoms with van der Waals surface area (Å²) in [5.74, 6) is 0. The second-order valence-corrected chi connectivity index (χ2v) is 1.53. The van der Waals surface area contributed by atoms with Gasteiger partial charge in [0.25, 0.3) is 0 Å². The van der Waals surface area contributed by atoms with Gasteiger partial charge in [0, 0.05) is 6.61 Å². The van der Waals surface area contributed by atoms with E-state index in [1.807, 2.05) is 6.92 Å². The molecule has 0 heterocycles. The van der Waals surface area contributed by atoms with Crippen molar-refractivity contribution in [2.45, 2.75) is 6.92 Å². The maximum Gasteiger partial charge on any atom is 2.00 e. The summed E-state index contributed by atoms with van der Waals surface area (Å²) in [5.41, 5.74) is 0. The minimum Gasteiger partial charge on any atom is -1.00 e. The van der Waals surface area contributed by atoms with Crippen LogP contribution < -0.4 is 0 Å². The molecule has 0 amide bonds. The molecule has 0 saturated heterocycles. The van der Waals surface area contributed by atoms with Gasteiger partial charge >= 0.3 is 48.9 Å². The summed E-state index contributed by atoms with van der Waals surface area (Å²) in [5, 5.41) is 8.26. The first-order chi connectivity index (χ1) is 4.41. The molecular weight excluding hydrogens is 257 g/mol. The Morgan fingerprint density at radius 3 is 2.30 bits per heavy atom. The van der Waals surface area contributed by atoms with E-state index in [1.165, 1.54) is 0 Å². The van der Waals surface area contributed by atoms with Gasteiger partial charge in [0.2, 0.25) is 0 Å². The molecule has 0 aromatic carbocycles. The molecule has 0 aliphatic heterocycles. The van der Waals surface area contributed by atoms with Crippen LogP contribution in [0.5, 0.6) is 0 Å². The fourth-order valence-corrected chi connectivity index (χ4v) is 0.429. The number of ether oxygens (including phenoxy) is 2. The molecular formula is C6H16BaO3. The molecule has 0 rings (SSSR count).